The van der Waals surface area contributed by atoms with Crippen molar-refractivity contribution >= 4 is 15.5 Å². The highest BCUT2D eigenvalue weighted by Crippen LogP contribution is 2.41. The summed E-state index contributed by atoms with van der Waals surface area (Å²) in [7, 11) is -3.71. The van der Waals surface area contributed by atoms with Crippen LogP contribution in [-0.4, -0.2) is 27.5 Å². The molecule has 4 rings (SSSR count). The highest BCUT2D eigenvalue weighted by atomic mass is 32.2. The Kier molecular flexibility index (Phi) is 3.81. The lowest BCUT2D eigenvalue weighted by molar-refractivity contribution is 0.576. The van der Waals surface area contributed by atoms with Crippen LogP contribution in [0.2, 0.25) is 0 Å². The maximum Gasteiger partial charge on any atom is 0.206 e. The second kappa shape index (κ2) is 5.86. The smallest absolute Gasteiger partial charge is 0.206 e. The SMILES string of the molecule is O=S(=O)(c1cccc(F)c1)c1ccc2c(c1)[C@@H]1CCNCC[C@H]1N2. The van der Waals surface area contributed by atoms with Gasteiger partial charge in [0.05, 0.1) is 9.79 Å². The van der Waals surface area contributed by atoms with Gasteiger partial charge in [0.25, 0.3) is 0 Å². The molecule has 2 aliphatic heterocycles. The zero-order valence-corrected chi connectivity index (χ0v) is 13.9. The lowest BCUT2D eigenvalue weighted by Gasteiger charge is -2.16. The van der Waals surface area contributed by atoms with E-state index < -0.39 is 15.7 Å². The number of nitrogens with one attached hydrogen (secondary N) is 2. The van der Waals surface area contributed by atoms with E-state index in [1.165, 1.54) is 18.2 Å². The van der Waals surface area contributed by atoms with E-state index in [0.29, 0.717) is 12.0 Å². The van der Waals surface area contributed by atoms with Gasteiger partial charge in [-0.05, 0) is 67.9 Å². The van der Waals surface area contributed by atoms with E-state index in [2.05, 4.69) is 10.6 Å². The molecule has 1 saturated heterocycles. The second-order valence-electron chi connectivity index (χ2n) is 6.39. The quantitative estimate of drug-likeness (QED) is 0.878. The van der Waals surface area contributed by atoms with E-state index >= 15 is 0 Å². The van der Waals surface area contributed by atoms with Gasteiger partial charge in [-0.2, -0.15) is 0 Å². The van der Waals surface area contributed by atoms with Gasteiger partial charge in [0.2, 0.25) is 9.84 Å². The van der Waals surface area contributed by atoms with Crippen molar-refractivity contribution < 1.29 is 12.8 Å². The van der Waals surface area contributed by atoms with Crippen molar-refractivity contribution in [3.63, 3.8) is 0 Å². The van der Waals surface area contributed by atoms with E-state index in [4.69, 9.17) is 0 Å². The minimum absolute atomic E-state index is 0.00695. The predicted octanol–water partition coefficient (Wildman–Crippen LogP) is 2.92. The highest BCUT2D eigenvalue weighted by molar-refractivity contribution is 7.91. The van der Waals surface area contributed by atoms with Crippen molar-refractivity contribution in [2.75, 3.05) is 18.4 Å². The van der Waals surface area contributed by atoms with Crippen molar-refractivity contribution in [2.24, 2.45) is 0 Å². The molecule has 0 aromatic heterocycles. The molecule has 126 valence electrons. The van der Waals surface area contributed by atoms with Crippen LogP contribution < -0.4 is 10.6 Å². The fraction of sp³-hybridized carbons (Fsp3) is 0.333. The largest absolute Gasteiger partial charge is 0.381 e. The first-order valence-corrected chi connectivity index (χ1v) is 9.66. The Bertz CT molecular complexity index is 882. The predicted molar refractivity (Wildman–Crippen MR) is 90.5 cm³/mol. The van der Waals surface area contributed by atoms with Crippen LogP contribution in [0.1, 0.15) is 24.3 Å². The van der Waals surface area contributed by atoms with Crippen molar-refractivity contribution in [1.82, 2.24) is 5.32 Å². The summed E-state index contributed by atoms with van der Waals surface area (Å²) in [6.45, 7) is 1.90. The molecule has 2 aromatic carbocycles. The Morgan fingerprint density at radius 3 is 2.62 bits per heavy atom. The number of hydrogen-bond donors (Lipinski definition) is 2. The molecule has 4 nitrogen and oxygen atoms in total. The van der Waals surface area contributed by atoms with Crippen LogP contribution in [-0.2, 0) is 9.84 Å². The first-order chi connectivity index (χ1) is 11.6. The first-order valence-electron chi connectivity index (χ1n) is 8.17. The summed E-state index contributed by atoms with van der Waals surface area (Å²) in [6.07, 6.45) is 2.00. The monoisotopic (exact) mass is 346 g/mol. The van der Waals surface area contributed by atoms with Gasteiger partial charge in [-0.3, -0.25) is 0 Å². The molecule has 0 spiro atoms. The molecule has 24 heavy (non-hydrogen) atoms. The molecule has 0 bridgehead atoms. The Hall–Kier alpha value is -1.92. The normalized spacial score (nSPS) is 23.0. The number of hydrogen-bond acceptors (Lipinski definition) is 4. The number of rotatable bonds is 2. The topological polar surface area (TPSA) is 58.2 Å². The Balaban J connectivity index is 1.75. The lowest BCUT2D eigenvalue weighted by atomic mass is 9.91. The minimum atomic E-state index is -3.71. The van der Waals surface area contributed by atoms with E-state index in [1.807, 2.05) is 6.07 Å². The third-order valence-corrected chi connectivity index (χ3v) is 6.68. The fourth-order valence-electron chi connectivity index (χ4n) is 3.70. The van der Waals surface area contributed by atoms with Crippen LogP contribution in [0, 0.1) is 5.82 Å². The van der Waals surface area contributed by atoms with E-state index in [0.717, 1.165) is 43.2 Å². The summed E-state index contributed by atoms with van der Waals surface area (Å²) < 4.78 is 39.0. The molecule has 0 aliphatic carbocycles. The molecule has 0 radical (unpaired) electrons. The van der Waals surface area contributed by atoms with Crippen LogP contribution in [0.25, 0.3) is 0 Å². The lowest BCUT2D eigenvalue weighted by Crippen LogP contribution is -2.21. The van der Waals surface area contributed by atoms with Crippen LogP contribution in [0.4, 0.5) is 10.1 Å². The van der Waals surface area contributed by atoms with E-state index in [-0.39, 0.29) is 9.79 Å². The number of benzene rings is 2. The Labute approximate surface area is 141 Å². The summed E-state index contributed by atoms with van der Waals surface area (Å²) in [6, 6.07) is 10.7. The molecular weight excluding hydrogens is 327 g/mol. The fourth-order valence-corrected chi connectivity index (χ4v) is 5.03. The summed E-state index contributed by atoms with van der Waals surface area (Å²) in [5.41, 5.74) is 2.08. The number of anilines is 1. The van der Waals surface area contributed by atoms with Crippen LogP contribution in [0.3, 0.4) is 0 Å². The third-order valence-electron chi connectivity index (χ3n) is 4.93. The molecule has 0 amide bonds. The summed E-state index contributed by atoms with van der Waals surface area (Å²) in [5, 5.41) is 6.89. The third kappa shape index (κ3) is 2.59. The molecule has 1 fully saturated rings. The number of fused-ring (bicyclic) bond motifs is 3. The Morgan fingerprint density at radius 1 is 1.00 bits per heavy atom. The minimum Gasteiger partial charge on any atom is -0.381 e. The van der Waals surface area contributed by atoms with Crippen molar-refractivity contribution in [3.8, 4) is 0 Å². The Morgan fingerprint density at radius 2 is 1.79 bits per heavy atom. The average molecular weight is 346 g/mol. The van der Waals surface area contributed by atoms with E-state index in [1.54, 1.807) is 12.1 Å². The molecule has 0 unspecified atom stereocenters. The van der Waals surface area contributed by atoms with Crippen molar-refractivity contribution in [2.45, 2.75) is 34.6 Å². The summed E-state index contributed by atoms with van der Waals surface area (Å²) in [5.74, 6) is -0.230. The van der Waals surface area contributed by atoms with Gasteiger partial charge in [-0.25, -0.2) is 12.8 Å². The number of sulfone groups is 1. The van der Waals surface area contributed by atoms with Crippen LogP contribution in [0.15, 0.2) is 52.3 Å². The van der Waals surface area contributed by atoms with Gasteiger partial charge in [0.15, 0.2) is 0 Å². The van der Waals surface area contributed by atoms with Gasteiger partial charge in [0.1, 0.15) is 5.82 Å². The first kappa shape index (κ1) is 15.6. The van der Waals surface area contributed by atoms with Gasteiger partial charge in [0, 0.05) is 17.6 Å². The molecule has 6 heteroatoms. The maximum atomic E-state index is 13.4. The van der Waals surface area contributed by atoms with Gasteiger partial charge >= 0.3 is 0 Å². The summed E-state index contributed by atoms with van der Waals surface area (Å²) in [4.78, 5) is 0.221. The van der Waals surface area contributed by atoms with Crippen molar-refractivity contribution in [3.05, 3.63) is 53.8 Å². The highest BCUT2D eigenvalue weighted by Gasteiger charge is 2.34. The molecule has 0 saturated carbocycles. The molecule has 2 atom stereocenters. The van der Waals surface area contributed by atoms with Crippen molar-refractivity contribution in [1.29, 1.82) is 0 Å². The summed E-state index contributed by atoms with van der Waals surface area (Å²) >= 11 is 0. The van der Waals surface area contributed by atoms with Crippen LogP contribution in [0.5, 0.6) is 0 Å². The molecule has 2 aliphatic rings. The van der Waals surface area contributed by atoms with Gasteiger partial charge in [-0.1, -0.05) is 6.07 Å². The molecule has 2 N–H and O–H groups in total. The standard InChI is InChI=1S/C18H19FN2O2S/c19-12-2-1-3-13(10-12)24(22,23)14-4-5-17-16(11-14)15-6-8-20-9-7-18(15)21-17/h1-5,10-11,15,18,20-21H,6-9H2/t15-,18+/m0/s1. The molecule has 2 aromatic rings. The second-order valence-corrected chi connectivity index (χ2v) is 8.34. The molecule has 2 heterocycles. The zero-order chi connectivity index (χ0) is 16.7. The van der Waals surface area contributed by atoms with Gasteiger partial charge in [-0.15, -0.1) is 0 Å². The zero-order valence-electron chi connectivity index (χ0n) is 13.1. The van der Waals surface area contributed by atoms with E-state index in [9.17, 15) is 12.8 Å². The average Bonchev–Trinajstić information content (AvgIpc) is 2.75. The molecular formula is C18H19FN2O2S. The van der Waals surface area contributed by atoms with Gasteiger partial charge < -0.3 is 10.6 Å². The maximum absolute atomic E-state index is 13.4. The van der Waals surface area contributed by atoms with Crippen LogP contribution >= 0.6 is 0 Å². The number of halogens is 1.